The SMILES string of the molecule is CCNC(=NCCCCSC)NC(C)C(C)c1ccccc1.I. The quantitative estimate of drug-likeness (QED) is 0.252. The fraction of sp³-hybridized carbons (Fsp3) is 0.611. The number of nitrogens with zero attached hydrogens (tertiary/aromatic N) is 1. The van der Waals surface area contributed by atoms with Gasteiger partial charge < -0.3 is 10.6 Å². The van der Waals surface area contributed by atoms with Crippen molar-refractivity contribution in [1.82, 2.24) is 10.6 Å². The summed E-state index contributed by atoms with van der Waals surface area (Å²) in [5.41, 5.74) is 1.36. The highest BCUT2D eigenvalue weighted by Crippen LogP contribution is 2.18. The van der Waals surface area contributed by atoms with Gasteiger partial charge in [0.1, 0.15) is 0 Å². The van der Waals surface area contributed by atoms with Gasteiger partial charge in [-0.15, -0.1) is 24.0 Å². The molecular formula is C18H32IN3S. The van der Waals surface area contributed by atoms with Crippen LogP contribution in [-0.4, -0.2) is 37.1 Å². The van der Waals surface area contributed by atoms with Gasteiger partial charge in [0.05, 0.1) is 0 Å². The lowest BCUT2D eigenvalue weighted by molar-refractivity contribution is 0.550. The van der Waals surface area contributed by atoms with Crippen LogP contribution in [0.15, 0.2) is 35.3 Å². The third kappa shape index (κ3) is 9.45. The molecule has 0 spiro atoms. The molecule has 23 heavy (non-hydrogen) atoms. The zero-order valence-corrected chi connectivity index (χ0v) is 18.0. The molecule has 5 heteroatoms. The highest BCUT2D eigenvalue weighted by molar-refractivity contribution is 14.0. The first-order valence-electron chi connectivity index (χ1n) is 8.27. The van der Waals surface area contributed by atoms with Crippen molar-refractivity contribution in [2.75, 3.05) is 25.1 Å². The van der Waals surface area contributed by atoms with Crippen LogP contribution in [0.5, 0.6) is 0 Å². The predicted molar refractivity (Wildman–Crippen MR) is 116 cm³/mol. The Kier molecular flexibility index (Phi) is 13.7. The van der Waals surface area contributed by atoms with Crippen LogP contribution in [0.25, 0.3) is 0 Å². The van der Waals surface area contributed by atoms with Crippen molar-refractivity contribution in [3.05, 3.63) is 35.9 Å². The van der Waals surface area contributed by atoms with Crippen LogP contribution in [-0.2, 0) is 0 Å². The van der Waals surface area contributed by atoms with Gasteiger partial charge in [-0.3, -0.25) is 4.99 Å². The van der Waals surface area contributed by atoms with Crippen molar-refractivity contribution in [2.24, 2.45) is 4.99 Å². The van der Waals surface area contributed by atoms with Gasteiger partial charge in [-0.2, -0.15) is 11.8 Å². The summed E-state index contributed by atoms with van der Waals surface area (Å²) in [4.78, 5) is 4.69. The van der Waals surface area contributed by atoms with Crippen LogP contribution >= 0.6 is 35.7 Å². The minimum atomic E-state index is 0. The number of nitrogens with one attached hydrogen (secondary N) is 2. The van der Waals surface area contributed by atoms with E-state index in [0.717, 1.165) is 25.5 Å². The Morgan fingerprint density at radius 1 is 1.17 bits per heavy atom. The van der Waals surface area contributed by atoms with Crippen LogP contribution in [0, 0.1) is 0 Å². The number of halogens is 1. The zero-order valence-electron chi connectivity index (χ0n) is 14.8. The van der Waals surface area contributed by atoms with E-state index in [1.165, 1.54) is 17.7 Å². The molecule has 2 atom stereocenters. The second-order valence-corrected chi connectivity index (χ2v) is 6.58. The predicted octanol–water partition coefficient (Wildman–Crippen LogP) is 4.49. The van der Waals surface area contributed by atoms with Crippen LogP contribution < -0.4 is 10.6 Å². The van der Waals surface area contributed by atoms with Crippen LogP contribution in [0.3, 0.4) is 0 Å². The molecule has 0 radical (unpaired) electrons. The number of hydrogen-bond donors (Lipinski definition) is 2. The van der Waals surface area contributed by atoms with Crippen molar-refractivity contribution in [3.8, 4) is 0 Å². The maximum Gasteiger partial charge on any atom is 0.191 e. The molecule has 0 amide bonds. The van der Waals surface area contributed by atoms with E-state index < -0.39 is 0 Å². The lowest BCUT2D eigenvalue weighted by Crippen LogP contribution is -2.44. The summed E-state index contributed by atoms with van der Waals surface area (Å²) in [5, 5.41) is 6.89. The molecule has 0 saturated carbocycles. The van der Waals surface area contributed by atoms with Crippen molar-refractivity contribution < 1.29 is 0 Å². The molecule has 0 aromatic heterocycles. The molecule has 0 aliphatic carbocycles. The topological polar surface area (TPSA) is 36.4 Å². The summed E-state index contributed by atoms with van der Waals surface area (Å²) >= 11 is 1.90. The van der Waals surface area contributed by atoms with Gasteiger partial charge in [0.2, 0.25) is 0 Å². The largest absolute Gasteiger partial charge is 0.357 e. The van der Waals surface area contributed by atoms with Crippen molar-refractivity contribution in [3.63, 3.8) is 0 Å². The third-order valence-corrected chi connectivity index (χ3v) is 4.51. The fourth-order valence-electron chi connectivity index (χ4n) is 2.26. The van der Waals surface area contributed by atoms with Crippen molar-refractivity contribution >= 4 is 41.7 Å². The standard InChI is InChI=1S/C18H31N3S.HI/c1-5-19-18(20-13-9-10-14-22-4)21-16(3)15(2)17-11-7-6-8-12-17;/h6-8,11-12,15-16H,5,9-10,13-14H2,1-4H3,(H2,19,20,21);1H. The van der Waals surface area contributed by atoms with E-state index in [1.54, 1.807) is 0 Å². The van der Waals surface area contributed by atoms with Crippen LogP contribution in [0.4, 0.5) is 0 Å². The molecule has 1 aromatic carbocycles. The average Bonchev–Trinajstić information content (AvgIpc) is 2.54. The smallest absolute Gasteiger partial charge is 0.191 e. The Balaban J connectivity index is 0.00000484. The lowest BCUT2D eigenvalue weighted by atomic mass is 9.94. The summed E-state index contributed by atoms with van der Waals surface area (Å²) in [6.45, 7) is 8.37. The second kappa shape index (κ2) is 14.0. The molecule has 132 valence electrons. The molecule has 0 saturated heterocycles. The highest BCUT2D eigenvalue weighted by atomic mass is 127. The molecule has 3 nitrogen and oxygen atoms in total. The molecular weight excluding hydrogens is 417 g/mol. The van der Waals surface area contributed by atoms with Crippen LogP contribution in [0.2, 0.25) is 0 Å². The number of guanidine groups is 1. The summed E-state index contributed by atoms with van der Waals surface area (Å²) in [6.07, 6.45) is 4.54. The number of thioether (sulfide) groups is 1. The molecule has 0 aliphatic heterocycles. The van der Waals surface area contributed by atoms with Crippen molar-refractivity contribution in [2.45, 2.75) is 45.6 Å². The Labute approximate surface area is 163 Å². The molecule has 2 N–H and O–H groups in total. The van der Waals surface area contributed by atoms with E-state index >= 15 is 0 Å². The molecule has 1 aromatic rings. The Morgan fingerprint density at radius 2 is 1.87 bits per heavy atom. The number of hydrogen-bond acceptors (Lipinski definition) is 2. The van der Waals surface area contributed by atoms with E-state index in [-0.39, 0.29) is 24.0 Å². The third-order valence-electron chi connectivity index (χ3n) is 3.81. The second-order valence-electron chi connectivity index (χ2n) is 5.59. The van der Waals surface area contributed by atoms with Gasteiger partial charge in [0.15, 0.2) is 5.96 Å². The number of aliphatic imine (C=N–C) groups is 1. The van der Waals surface area contributed by atoms with Crippen molar-refractivity contribution in [1.29, 1.82) is 0 Å². The molecule has 0 heterocycles. The summed E-state index contributed by atoms with van der Waals surface area (Å²) in [5.74, 6) is 2.60. The summed E-state index contributed by atoms with van der Waals surface area (Å²) < 4.78 is 0. The van der Waals surface area contributed by atoms with E-state index in [9.17, 15) is 0 Å². The summed E-state index contributed by atoms with van der Waals surface area (Å²) in [6, 6.07) is 11.0. The number of rotatable bonds is 9. The zero-order chi connectivity index (χ0) is 16.2. The van der Waals surface area contributed by atoms with Gasteiger partial charge in [0.25, 0.3) is 0 Å². The van der Waals surface area contributed by atoms with Gasteiger partial charge in [-0.25, -0.2) is 0 Å². The molecule has 0 aliphatic rings. The van der Waals surface area contributed by atoms with Gasteiger partial charge >= 0.3 is 0 Å². The lowest BCUT2D eigenvalue weighted by Gasteiger charge is -2.24. The monoisotopic (exact) mass is 449 g/mol. The average molecular weight is 449 g/mol. The Bertz CT molecular complexity index is 426. The molecule has 1 rings (SSSR count). The number of unbranched alkanes of at least 4 members (excludes halogenated alkanes) is 1. The van der Waals surface area contributed by atoms with E-state index in [1.807, 2.05) is 11.8 Å². The van der Waals surface area contributed by atoms with Gasteiger partial charge in [-0.1, -0.05) is 37.3 Å². The molecule has 2 unspecified atom stereocenters. The highest BCUT2D eigenvalue weighted by Gasteiger charge is 2.15. The minimum Gasteiger partial charge on any atom is -0.357 e. The first-order valence-corrected chi connectivity index (χ1v) is 9.67. The Hall–Kier alpha value is -0.430. The normalized spacial score (nSPS) is 13.8. The molecule has 0 bridgehead atoms. The first-order chi connectivity index (χ1) is 10.7. The first kappa shape index (κ1) is 22.6. The molecule has 0 fully saturated rings. The van der Waals surface area contributed by atoms with Gasteiger partial charge in [-0.05, 0) is 44.3 Å². The number of benzene rings is 1. The van der Waals surface area contributed by atoms with Gasteiger partial charge in [0, 0.05) is 25.0 Å². The van der Waals surface area contributed by atoms with E-state index in [4.69, 9.17) is 0 Å². The maximum absolute atomic E-state index is 4.69. The fourth-order valence-corrected chi connectivity index (χ4v) is 2.75. The Morgan fingerprint density at radius 3 is 2.48 bits per heavy atom. The van der Waals surface area contributed by atoms with E-state index in [2.05, 4.69) is 73.0 Å². The van der Waals surface area contributed by atoms with E-state index in [0.29, 0.717) is 12.0 Å². The maximum atomic E-state index is 4.69. The summed E-state index contributed by atoms with van der Waals surface area (Å²) in [7, 11) is 0. The van der Waals surface area contributed by atoms with Crippen LogP contribution in [0.1, 0.15) is 45.1 Å². The minimum absolute atomic E-state index is 0.